The topological polar surface area (TPSA) is 55.8 Å². The summed E-state index contributed by atoms with van der Waals surface area (Å²) in [6.45, 7) is 4.49. The average Bonchev–Trinajstić information content (AvgIpc) is 2.11. The molecule has 0 saturated carbocycles. The summed E-state index contributed by atoms with van der Waals surface area (Å²) < 4.78 is 10.1. The fourth-order valence-electron chi connectivity index (χ4n) is 1.20. The third-order valence-corrected chi connectivity index (χ3v) is 1.97. The Hall–Kier alpha value is -0.610. The molecule has 0 aliphatic rings. The standard InChI is InChI=1S/C9H18O4/c1-4-8(12-3)7(9(10)11)6-13-5-2/h7-8H,4-6H2,1-3H3,(H,10,11). The number of rotatable bonds is 7. The zero-order valence-electron chi connectivity index (χ0n) is 8.45. The van der Waals surface area contributed by atoms with Crippen molar-refractivity contribution in [1.29, 1.82) is 0 Å². The number of carboxylic acids is 1. The second-order valence-corrected chi connectivity index (χ2v) is 2.79. The Morgan fingerprint density at radius 2 is 2.08 bits per heavy atom. The maximum Gasteiger partial charge on any atom is 0.311 e. The van der Waals surface area contributed by atoms with Crippen LogP contribution in [0.1, 0.15) is 20.3 Å². The maximum atomic E-state index is 10.8. The SMILES string of the molecule is CCOCC(C(=O)O)C(CC)OC. The summed E-state index contributed by atoms with van der Waals surface area (Å²) in [5, 5.41) is 8.87. The van der Waals surface area contributed by atoms with Gasteiger partial charge in [-0.1, -0.05) is 6.92 Å². The van der Waals surface area contributed by atoms with Crippen LogP contribution in [-0.4, -0.2) is 37.5 Å². The van der Waals surface area contributed by atoms with Gasteiger partial charge in [0.25, 0.3) is 0 Å². The van der Waals surface area contributed by atoms with Gasteiger partial charge in [0.2, 0.25) is 0 Å². The summed E-state index contributed by atoms with van der Waals surface area (Å²) in [6, 6.07) is 0. The molecule has 13 heavy (non-hydrogen) atoms. The maximum absolute atomic E-state index is 10.8. The fraction of sp³-hybridized carbons (Fsp3) is 0.889. The van der Waals surface area contributed by atoms with E-state index in [0.29, 0.717) is 13.0 Å². The van der Waals surface area contributed by atoms with E-state index in [-0.39, 0.29) is 12.7 Å². The zero-order valence-corrected chi connectivity index (χ0v) is 8.45. The van der Waals surface area contributed by atoms with Crippen LogP contribution >= 0.6 is 0 Å². The molecule has 2 unspecified atom stereocenters. The summed E-state index contributed by atoms with van der Waals surface area (Å²) in [6.07, 6.45) is 0.421. The van der Waals surface area contributed by atoms with Crippen LogP contribution in [0.2, 0.25) is 0 Å². The predicted octanol–water partition coefficient (Wildman–Crippen LogP) is 1.15. The van der Waals surface area contributed by atoms with Crippen molar-refractivity contribution in [2.45, 2.75) is 26.4 Å². The van der Waals surface area contributed by atoms with Crippen LogP contribution in [0.25, 0.3) is 0 Å². The van der Waals surface area contributed by atoms with Gasteiger partial charge < -0.3 is 14.6 Å². The van der Waals surface area contributed by atoms with Gasteiger partial charge in [0, 0.05) is 13.7 Å². The Morgan fingerprint density at radius 3 is 2.38 bits per heavy atom. The minimum Gasteiger partial charge on any atom is -0.481 e. The Labute approximate surface area is 78.8 Å². The first kappa shape index (κ1) is 12.4. The zero-order chi connectivity index (χ0) is 10.3. The lowest BCUT2D eigenvalue weighted by Gasteiger charge is -2.20. The van der Waals surface area contributed by atoms with Crippen molar-refractivity contribution >= 4 is 5.97 Å². The van der Waals surface area contributed by atoms with E-state index in [1.165, 1.54) is 7.11 Å². The fourth-order valence-corrected chi connectivity index (χ4v) is 1.20. The molecule has 0 aromatic rings. The molecule has 0 spiro atoms. The first-order valence-corrected chi connectivity index (χ1v) is 4.50. The van der Waals surface area contributed by atoms with Crippen molar-refractivity contribution in [2.75, 3.05) is 20.3 Å². The van der Waals surface area contributed by atoms with E-state index in [1.54, 1.807) is 0 Å². The van der Waals surface area contributed by atoms with Gasteiger partial charge in [0.05, 0.1) is 12.7 Å². The molecule has 0 bridgehead atoms. The number of hydrogen-bond acceptors (Lipinski definition) is 3. The monoisotopic (exact) mass is 190 g/mol. The summed E-state index contributed by atoms with van der Waals surface area (Å²) in [4.78, 5) is 10.8. The summed E-state index contributed by atoms with van der Waals surface area (Å²) in [5.74, 6) is -1.42. The molecule has 2 atom stereocenters. The van der Waals surface area contributed by atoms with E-state index in [1.807, 2.05) is 13.8 Å². The molecule has 0 aliphatic carbocycles. The molecule has 0 aromatic carbocycles. The van der Waals surface area contributed by atoms with E-state index >= 15 is 0 Å². The lowest BCUT2D eigenvalue weighted by Crippen LogP contribution is -2.33. The third kappa shape index (κ3) is 4.24. The predicted molar refractivity (Wildman–Crippen MR) is 48.7 cm³/mol. The highest BCUT2D eigenvalue weighted by molar-refractivity contribution is 5.70. The third-order valence-electron chi connectivity index (χ3n) is 1.97. The van der Waals surface area contributed by atoms with Crippen molar-refractivity contribution < 1.29 is 19.4 Å². The van der Waals surface area contributed by atoms with Crippen molar-refractivity contribution in [3.8, 4) is 0 Å². The highest BCUT2D eigenvalue weighted by Gasteiger charge is 2.26. The Morgan fingerprint density at radius 1 is 1.46 bits per heavy atom. The average molecular weight is 190 g/mol. The lowest BCUT2D eigenvalue weighted by molar-refractivity contribution is -0.150. The van der Waals surface area contributed by atoms with Crippen molar-refractivity contribution in [3.63, 3.8) is 0 Å². The molecule has 0 rings (SSSR count). The van der Waals surface area contributed by atoms with Gasteiger partial charge in [-0.2, -0.15) is 0 Å². The first-order chi connectivity index (χ1) is 6.17. The van der Waals surface area contributed by atoms with E-state index in [4.69, 9.17) is 14.6 Å². The molecule has 0 aliphatic heterocycles. The summed E-state index contributed by atoms with van der Waals surface area (Å²) in [5.41, 5.74) is 0. The molecule has 0 fully saturated rings. The van der Waals surface area contributed by atoms with E-state index in [9.17, 15) is 4.79 Å². The highest BCUT2D eigenvalue weighted by Crippen LogP contribution is 2.12. The highest BCUT2D eigenvalue weighted by atomic mass is 16.5. The summed E-state index contributed by atoms with van der Waals surface area (Å²) in [7, 11) is 1.52. The van der Waals surface area contributed by atoms with Crippen LogP contribution in [0, 0.1) is 5.92 Å². The molecule has 0 aromatic heterocycles. The van der Waals surface area contributed by atoms with E-state index in [2.05, 4.69) is 0 Å². The van der Waals surface area contributed by atoms with Crippen molar-refractivity contribution in [3.05, 3.63) is 0 Å². The Balaban J connectivity index is 4.12. The number of aliphatic carboxylic acids is 1. The van der Waals surface area contributed by atoms with Gasteiger partial charge in [-0.3, -0.25) is 4.79 Å². The normalized spacial score (nSPS) is 15.3. The first-order valence-electron chi connectivity index (χ1n) is 4.50. The molecule has 4 heteroatoms. The van der Waals surface area contributed by atoms with Crippen molar-refractivity contribution in [2.24, 2.45) is 5.92 Å². The molecule has 78 valence electrons. The van der Waals surface area contributed by atoms with Crippen LogP contribution in [0.4, 0.5) is 0 Å². The number of carboxylic acid groups (broad SMARTS) is 1. The second kappa shape index (κ2) is 6.86. The molecule has 4 nitrogen and oxygen atoms in total. The number of hydrogen-bond donors (Lipinski definition) is 1. The van der Waals surface area contributed by atoms with Crippen molar-refractivity contribution in [1.82, 2.24) is 0 Å². The molecule has 1 N–H and O–H groups in total. The Kier molecular flexibility index (Phi) is 6.54. The van der Waals surface area contributed by atoms with Gasteiger partial charge in [-0.15, -0.1) is 0 Å². The minimum absolute atomic E-state index is 0.220. The van der Waals surface area contributed by atoms with Crippen LogP contribution < -0.4 is 0 Å². The van der Waals surface area contributed by atoms with Gasteiger partial charge in [-0.05, 0) is 13.3 Å². The number of ether oxygens (including phenoxy) is 2. The molecule has 0 heterocycles. The molecular weight excluding hydrogens is 172 g/mol. The molecule has 0 amide bonds. The van der Waals surface area contributed by atoms with Crippen LogP contribution in [0.3, 0.4) is 0 Å². The number of carbonyl (C=O) groups is 1. The molecular formula is C9H18O4. The van der Waals surface area contributed by atoms with Crippen LogP contribution in [0.15, 0.2) is 0 Å². The van der Waals surface area contributed by atoms with Gasteiger partial charge >= 0.3 is 5.97 Å². The smallest absolute Gasteiger partial charge is 0.311 e. The van der Waals surface area contributed by atoms with Crippen LogP contribution in [0.5, 0.6) is 0 Å². The van der Waals surface area contributed by atoms with E-state index < -0.39 is 11.9 Å². The van der Waals surface area contributed by atoms with Gasteiger partial charge in [0.1, 0.15) is 5.92 Å². The Bertz CT molecular complexity index is 143. The second-order valence-electron chi connectivity index (χ2n) is 2.79. The largest absolute Gasteiger partial charge is 0.481 e. The van der Waals surface area contributed by atoms with Gasteiger partial charge in [-0.25, -0.2) is 0 Å². The quantitative estimate of drug-likeness (QED) is 0.654. The van der Waals surface area contributed by atoms with Gasteiger partial charge in [0.15, 0.2) is 0 Å². The van der Waals surface area contributed by atoms with E-state index in [0.717, 1.165) is 0 Å². The number of methoxy groups -OCH3 is 1. The minimum atomic E-state index is -0.859. The summed E-state index contributed by atoms with van der Waals surface area (Å²) >= 11 is 0. The lowest BCUT2D eigenvalue weighted by atomic mass is 10.0. The molecule has 0 radical (unpaired) electrons. The molecule has 0 saturated heterocycles. The van der Waals surface area contributed by atoms with Crippen LogP contribution in [-0.2, 0) is 14.3 Å².